The van der Waals surface area contributed by atoms with Crippen LogP contribution < -0.4 is 9.46 Å². The number of aliphatic hydroxyl groups is 1. The van der Waals surface area contributed by atoms with Crippen molar-refractivity contribution in [2.75, 3.05) is 38.1 Å². The highest BCUT2D eigenvalue weighted by atomic mass is 32.2. The van der Waals surface area contributed by atoms with Crippen LogP contribution in [-0.4, -0.2) is 85.8 Å². The first-order valence-electron chi connectivity index (χ1n) is 15.6. The van der Waals surface area contributed by atoms with Crippen LogP contribution in [0, 0.1) is 5.92 Å². The number of hydrogen-bond donors (Lipinski definition) is 2. The van der Waals surface area contributed by atoms with E-state index in [0.717, 1.165) is 31.4 Å². The van der Waals surface area contributed by atoms with Crippen LogP contribution in [0.2, 0.25) is 0 Å². The summed E-state index contributed by atoms with van der Waals surface area (Å²) >= 11 is 0. The van der Waals surface area contributed by atoms with Crippen LogP contribution in [0.4, 0.5) is 5.69 Å². The molecule has 45 heavy (non-hydrogen) atoms. The van der Waals surface area contributed by atoms with E-state index >= 15 is 0 Å². The van der Waals surface area contributed by atoms with Crippen molar-refractivity contribution in [1.29, 1.82) is 0 Å². The SMILES string of the molecule is C[C@H]1CCCCO[C@H](CN(C)Cc2ccncc2)[C@@H](C)CN([C@@H](C)CO)C(=O)c2cc(NS(=O)(=O)c3ccccc3)ccc2O1. The van der Waals surface area contributed by atoms with Gasteiger partial charge in [-0.15, -0.1) is 0 Å². The highest BCUT2D eigenvalue weighted by Gasteiger charge is 2.30. The number of nitrogens with one attached hydrogen (secondary N) is 1. The van der Waals surface area contributed by atoms with Gasteiger partial charge >= 0.3 is 0 Å². The largest absolute Gasteiger partial charge is 0.490 e. The average molecular weight is 639 g/mol. The Bertz CT molecular complexity index is 1470. The third kappa shape index (κ3) is 9.74. The summed E-state index contributed by atoms with van der Waals surface area (Å²) in [6.07, 6.45) is 5.73. The van der Waals surface area contributed by atoms with E-state index in [-0.39, 0.29) is 46.8 Å². The molecule has 11 heteroatoms. The van der Waals surface area contributed by atoms with Gasteiger partial charge in [-0.1, -0.05) is 25.1 Å². The number of amides is 1. The van der Waals surface area contributed by atoms with Crippen molar-refractivity contribution >= 4 is 21.6 Å². The van der Waals surface area contributed by atoms with E-state index in [1.807, 2.05) is 26.1 Å². The van der Waals surface area contributed by atoms with Gasteiger partial charge in [-0.05, 0) is 88.2 Å². The molecule has 0 fully saturated rings. The van der Waals surface area contributed by atoms with Gasteiger partial charge in [-0.25, -0.2) is 8.42 Å². The van der Waals surface area contributed by atoms with E-state index in [1.54, 1.807) is 54.5 Å². The number of fused-ring (bicyclic) bond motifs is 1. The number of likely N-dealkylation sites (N-methyl/N-ethyl adjacent to an activating group) is 1. The highest BCUT2D eigenvalue weighted by molar-refractivity contribution is 7.92. The van der Waals surface area contributed by atoms with Gasteiger partial charge < -0.3 is 19.5 Å². The van der Waals surface area contributed by atoms with Gasteiger partial charge in [0.25, 0.3) is 15.9 Å². The summed E-state index contributed by atoms with van der Waals surface area (Å²) < 4.78 is 41.5. The lowest BCUT2D eigenvalue weighted by atomic mass is 10.0. The number of hydrogen-bond acceptors (Lipinski definition) is 8. The maximum Gasteiger partial charge on any atom is 0.261 e. The standard InChI is InChI=1S/C34H46N4O6S/c1-25-21-38(26(2)24-39)34(40)31-20-29(36-45(41,42)30-11-6-5-7-12-30)13-14-32(31)44-27(3)10-8-9-19-43-33(25)23-37(4)22-28-15-17-35-18-16-28/h5-7,11-18,20,25-27,33,36,39H,8-10,19,21-24H2,1-4H3/t25-,26-,27-,33+/m0/s1. The molecular weight excluding hydrogens is 592 g/mol. The zero-order valence-corrected chi connectivity index (χ0v) is 27.4. The van der Waals surface area contributed by atoms with Crippen LogP contribution in [0.5, 0.6) is 5.75 Å². The Hall–Kier alpha value is -3.51. The van der Waals surface area contributed by atoms with Crippen molar-refractivity contribution in [3.8, 4) is 5.75 Å². The molecule has 2 aromatic carbocycles. The van der Waals surface area contributed by atoms with Gasteiger partial charge in [0.15, 0.2) is 0 Å². The molecule has 0 saturated carbocycles. The molecule has 0 aliphatic carbocycles. The lowest BCUT2D eigenvalue weighted by Gasteiger charge is -2.36. The summed E-state index contributed by atoms with van der Waals surface area (Å²) in [5.41, 5.74) is 1.62. The Labute approximate surface area is 267 Å². The number of sulfonamides is 1. The van der Waals surface area contributed by atoms with Gasteiger partial charge in [0.05, 0.1) is 35.3 Å². The molecule has 4 rings (SSSR count). The Balaban J connectivity index is 1.64. The number of carbonyl (C=O) groups is 1. The Kier molecular flexibility index (Phi) is 12.3. The van der Waals surface area contributed by atoms with Crippen molar-refractivity contribution < 1.29 is 27.8 Å². The Morgan fingerprint density at radius 2 is 1.82 bits per heavy atom. The third-order valence-electron chi connectivity index (χ3n) is 8.05. The number of carbonyl (C=O) groups excluding carboxylic acids is 1. The molecule has 0 radical (unpaired) electrons. The second-order valence-electron chi connectivity index (χ2n) is 12.0. The summed E-state index contributed by atoms with van der Waals surface area (Å²) in [5, 5.41) is 10.2. The summed E-state index contributed by atoms with van der Waals surface area (Å²) in [4.78, 5) is 22.4. The quantitative estimate of drug-likeness (QED) is 0.343. The van der Waals surface area contributed by atoms with Gasteiger partial charge in [0, 0.05) is 50.2 Å². The molecule has 2 heterocycles. The van der Waals surface area contributed by atoms with Gasteiger partial charge in [-0.2, -0.15) is 0 Å². The van der Waals surface area contributed by atoms with E-state index in [1.165, 1.54) is 18.2 Å². The molecule has 1 aromatic heterocycles. The Morgan fingerprint density at radius 1 is 1.09 bits per heavy atom. The van der Waals surface area contributed by atoms with Gasteiger partial charge in [-0.3, -0.25) is 19.4 Å². The van der Waals surface area contributed by atoms with Crippen molar-refractivity contribution in [2.24, 2.45) is 5.92 Å². The molecule has 10 nitrogen and oxygen atoms in total. The summed E-state index contributed by atoms with van der Waals surface area (Å²) in [6.45, 7) is 7.88. The smallest absolute Gasteiger partial charge is 0.261 e. The molecule has 1 aliphatic rings. The monoisotopic (exact) mass is 638 g/mol. The predicted octanol–water partition coefficient (Wildman–Crippen LogP) is 4.81. The molecule has 0 spiro atoms. The van der Waals surface area contributed by atoms with Crippen molar-refractivity contribution in [3.05, 3.63) is 84.2 Å². The maximum absolute atomic E-state index is 14.3. The van der Waals surface area contributed by atoms with E-state index < -0.39 is 16.1 Å². The average Bonchev–Trinajstić information content (AvgIpc) is 3.03. The van der Waals surface area contributed by atoms with Crippen LogP contribution in [0.15, 0.2) is 78.0 Å². The molecule has 3 aromatic rings. The summed E-state index contributed by atoms with van der Waals surface area (Å²) in [5.74, 6) is -0.0546. The molecule has 1 aliphatic heterocycles. The molecule has 4 atom stereocenters. The zero-order valence-electron chi connectivity index (χ0n) is 26.6. The second kappa shape index (κ2) is 16.2. The van der Waals surface area contributed by atoms with Crippen molar-refractivity contribution in [1.82, 2.24) is 14.8 Å². The number of aliphatic hydroxyl groups excluding tert-OH is 1. The first-order chi connectivity index (χ1) is 21.6. The molecule has 0 saturated heterocycles. The third-order valence-corrected chi connectivity index (χ3v) is 9.45. The number of ether oxygens (including phenoxy) is 2. The maximum atomic E-state index is 14.3. The first-order valence-corrected chi connectivity index (χ1v) is 17.0. The number of rotatable bonds is 9. The molecule has 1 amide bonds. The van der Waals surface area contributed by atoms with Crippen LogP contribution in [0.25, 0.3) is 0 Å². The van der Waals surface area contributed by atoms with Crippen molar-refractivity contribution in [2.45, 2.75) is 69.7 Å². The molecule has 0 unspecified atom stereocenters. The predicted molar refractivity (Wildman–Crippen MR) is 175 cm³/mol. The fourth-order valence-corrected chi connectivity index (χ4v) is 6.50. The Morgan fingerprint density at radius 3 is 2.53 bits per heavy atom. The minimum atomic E-state index is -3.88. The highest BCUT2D eigenvalue weighted by Crippen LogP contribution is 2.29. The zero-order chi connectivity index (χ0) is 32.4. The normalized spacial score (nSPS) is 21.0. The minimum absolute atomic E-state index is 0.0751. The fourth-order valence-electron chi connectivity index (χ4n) is 5.43. The van der Waals surface area contributed by atoms with Gasteiger partial charge in [0.2, 0.25) is 0 Å². The summed E-state index contributed by atoms with van der Waals surface area (Å²) in [7, 11) is -1.83. The van der Waals surface area contributed by atoms with Gasteiger partial charge in [0.1, 0.15) is 5.75 Å². The fraction of sp³-hybridized carbons (Fsp3) is 0.471. The van der Waals surface area contributed by atoms with Crippen LogP contribution in [0.1, 0.15) is 56.0 Å². The second-order valence-corrected chi connectivity index (χ2v) is 13.7. The minimum Gasteiger partial charge on any atom is -0.490 e. The molecule has 2 N–H and O–H groups in total. The first kappa shape index (κ1) is 34.4. The summed E-state index contributed by atoms with van der Waals surface area (Å²) in [6, 6.07) is 16.3. The van der Waals surface area contributed by atoms with E-state index in [2.05, 4.69) is 21.5 Å². The van der Waals surface area contributed by atoms with E-state index in [4.69, 9.17) is 9.47 Å². The topological polar surface area (TPSA) is 121 Å². The molecule has 244 valence electrons. The molecule has 0 bridgehead atoms. The molecular formula is C34H46N4O6S. The lowest BCUT2D eigenvalue weighted by molar-refractivity contribution is -0.0177. The van der Waals surface area contributed by atoms with Crippen LogP contribution >= 0.6 is 0 Å². The number of pyridine rings is 1. The van der Waals surface area contributed by atoms with E-state index in [9.17, 15) is 18.3 Å². The van der Waals surface area contributed by atoms with Crippen molar-refractivity contribution in [3.63, 3.8) is 0 Å². The van der Waals surface area contributed by atoms with Crippen LogP contribution in [-0.2, 0) is 21.3 Å². The lowest BCUT2D eigenvalue weighted by Crippen LogP contribution is -2.47. The van der Waals surface area contributed by atoms with E-state index in [0.29, 0.717) is 25.4 Å². The number of anilines is 1. The van der Waals surface area contributed by atoms with Crippen LogP contribution in [0.3, 0.4) is 0 Å². The number of nitrogens with zero attached hydrogens (tertiary/aromatic N) is 3. The number of aromatic nitrogens is 1. The number of benzene rings is 2.